The first-order chi connectivity index (χ1) is 11.6. The molecule has 0 spiro atoms. The molecule has 0 radical (unpaired) electrons. The Hall–Kier alpha value is -3.15. The highest BCUT2D eigenvalue weighted by molar-refractivity contribution is 5.96. The summed E-state index contributed by atoms with van der Waals surface area (Å²) in [7, 11) is 1.89. The van der Waals surface area contributed by atoms with Crippen LogP contribution in [0.5, 0.6) is 0 Å². The van der Waals surface area contributed by atoms with Crippen LogP contribution in [0.3, 0.4) is 0 Å². The van der Waals surface area contributed by atoms with Gasteiger partial charge in [0.1, 0.15) is 12.0 Å². The summed E-state index contributed by atoms with van der Waals surface area (Å²) in [5.74, 6) is -0.0624. The molecule has 0 aliphatic rings. The van der Waals surface area contributed by atoms with Gasteiger partial charge in [0.15, 0.2) is 5.78 Å². The lowest BCUT2D eigenvalue weighted by molar-refractivity contribution is 0.0987. The SMILES string of the molecule is Cc1cccc(CC(=O)c2cc(N(C)c3cncnc3)ccn2)n1. The summed E-state index contributed by atoms with van der Waals surface area (Å²) in [5, 5.41) is 0. The standard InChI is InChI=1S/C18H17N5O/c1-13-4-3-5-14(22-13)8-18(24)17-9-15(6-7-21-17)23(2)16-10-19-12-20-11-16/h3-7,9-12H,8H2,1-2H3. The van der Waals surface area contributed by atoms with Gasteiger partial charge in [0.25, 0.3) is 0 Å². The number of carbonyl (C=O) groups is 1. The number of ketones is 1. The molecule has 0 amide bonds. The third-order valence-corrected chi connectivity index (χ3v) is 3.64. The van der Waals surface area contributed by atoms with Gasteiger partial charge < -0.3 is 4.90 Å². The number of Topliss-reactive ketones (excluding diaryl/α,β-unsaturated/α-hetero) is 1. The van der Waals surface area contributed by atoms with Crippen LogP contribution in [0.4, 0.5) is 11.4 Å². The lowest BCUT2D eigenvalue weighted by Crippen LogP contribution is -2.13. The third-order valence-electron chi connectivity index (χ3n) is 3.64. The Morgan fingerprint density at radius 3 is 2.67 bits per heavy atom. The van der Waals surface area contributed by atoms with Gasteiger partial charge in [-0.2, -0.15) is 0 Å². The van der Waals surface area contributed by atoms with E-state index >= 15 is 0 Å². The summed E-state index contributed by atoms with van der Waals surface area (Å²) >= 11 is 0. The molecule has 0 aromatic carbocycles. The maximum absolute atomic E-state index is 12.5. The van der Waals surface area contributed by atoms with E-state index in [2.05, 4.69) is 19.9 Å². The maximum Gasteiger partial charge on any atom is 0.187 e. The summed E-state index contributed by atoms with van der Waals surface area (Å²) in [4.78, 5) is 31.0. The Morgan fingerprint density at radius 1 is 1.12 bits per heavy atom. The molecule has 120 valence electrons. The van der Waals surface area contributed by atoms with Gasteiger partial charge in [0, 0.05) is 30.3 Å². The first-order valence-corrected chi connectivity index (χ1v) is 7.54. The number of hydrogen-bond acceptors (Lipinski definition) is 6. The molecular formula is C18H17N5O. The maximum atomic E-state index is 12.5. The number of anilines is 2. The molecule has 0 aliphatic carbocycles. The van der Waals surface area contributed by atoms with Crippen LogP contribution < -0.4 is 4.90 Å². The molecule has 0 saturated carbocycles. The zero-order valence-electron chi connectivity index (χ0n) is 13.5. The minimum absolute atomic E-state index is 0.0624. The molecule has 24 heavy (non-hydrogen) atoms. The van der Waals surface area contributed by atoms with Gasteiger partial charge in [-0.05, 0) is 31.2 Å². The van der Waals surface area contributed by atoms with Crippen molar-refractivity contribution >= 4 is 17.2 Å². The quantitative estimate of drug-likeness (QED) is 0.673. The lowest BCUT2D eigenvalue weighted by atomic mass is 10.1. The summed E-state index contributed by atoms with van der Waals surface area (Å²) < 4.78 is 0. The molecule has 0 fully saturated rings. The molecule has 0 unspecified atom stereocenters. The molecule has 3 aromatic rings. The van der Waals surface area contributed by atoms with Gasteiger partial charge in [0.2, 0.25) is 0 Å². The minimum atomic E-state index is -0.0624. The smallest absolute Gasteiger partial charge is 0.187 e. The van der Waals surface area contributed by atoms with Gasteiger partial charge in [-0.3, -0.25) is 14.8 Å². The van der Waals surface area contributed by atoms with Crippen molar-refractivity contribution in [3.05, 3.63) is 72.3 Å². The second-order valence-electron chi connectivity index (χ2n) is 5.43. The van der Waals surface area contributed by atoms with Crippen molar-refractivity contribution in [3.63, 3.8) is 0 Å². The van der Waals surface area contributed by atoms with Crippen LogP contribution in [-0.4, -0.2) is 32.8 Å². The number of pyridine rings is 2. The molecule has 0 saturated heterocycles. The van der Waals surface area contributed by atoms with Crippen molar-refractivity contribution in [3.8, 4) is 0 Å². The van der Waals surface area contributed by atoms with E-state index in [-0.39, 0.29) is 12.2 Å². The molecule has 6 heteroatoms. The molecule has 3 aromatic heterocycles. The van der Waals surface area contributed by atoms with Crippen LogP contribution >= 0.6 is 0 Å². The van der Waals surface area contributed by atoms with E-state index in [0.717, 1.165) is 22.8 Å². The summed E-state index contributed by atoms with van der Waals surface area (Å²) in [6.07, 6.45) is 6.77. The topological polar surface area (TPSA) is 71.9 Å². The van der Waals surface area contributed by atoms with Crippen molar-refractivity contribution in [2.75, 3.05) is 11.9 Å². The molecule has 3 heterocycles. The number of rotatable bonds is 5. The number of carbonyl (C=O) groups excluding carboxylic acids is 1. The van der Waals surface area contributed by atoms with E-state index in [9.17, 15) is 4.79 Å². The molecule has 0 atom stereocenters. The van der Waals surface area contributed by atoms with Crippen LogP contribution in [0.1, 0.15) is 21.9 Å². The van der Waals surface area contributed by atoms with Gasteiger partial charge in [0.05, 0.1) is 24.5 Å². The number of aryl methyl sites for hydroxylation is 1. The second-order valence-corrected chi connectivity index (χ2v) is 5.43. The average molecular weight is 319 g/mol. The van der Waals surface area contributed by atoms with Crippen molar-refractivity contribution < 1.29 is 4.79 Å². The number of nitrogens with zero attached hydrogens (tertiary/aromatic N) is 5. The molecule has 6 nitrogen and oxygen atoms in total. The van der Waals surface area contributed by atoms with Crippen molar-refractivity contribution in [1.82, 2.24) is 19.9 Å². The average Bonchev–Trinajstić information content (AvgIpc) is 2.62. The fraction of sp³-hybridized carbons (Fsp3) is 0.167. The third kappa shape index (κ3) is 3.60. The molecule has 0 N–H and O–H groups in total. The lowest BCUT2D eigenvalue weighted by Gasteiger charge is -2.18. The van der Waals surface area contributed by atoms with Crippen molar-refractivity contribution in [2.45, 2.75) is 13.3 Å². The van der Waals surface area contributed by atoms with Crippen LogP contribution in [0, 0.1) is 6.92 Å². The van der Waals surface area contributed by atoms with Crippen LogP contribution in [0.2, 0.25) is 0 Å². The predicted octanol–water partition coefficient (Wildman–Crippen LogP) is 2.77. The predicted molar refractivity (Wildman–Crippen MR) is 91.3 cm³/mol. The fourth-order valence-electron chi connectivity index (χ4n) is 2.35. The minimum Gasteiger partial charge on any atom is -0.342 e. The van der Waals surface area contributed by atoms with E-state index in [1.807, 2.05) is 43.1 Å². The Balaban J connectivity index is 1.81. The molecule has 0 bridgehead atoms. The Kier molecular flexibility index (Phi) is 4.56. The van der Waals surface area contributed by atoms with E-state index in [1.165, 1.54) is 6.33 Å². The molecule has 0 aliphatic heterocycles. The van der Waals surface area contributed by atoms with Crippen molar-refractivity contribution in [2.24, 2.45) is 0 Å². The summed E-state index contributed by atoms with van der Waals surface area (Å²) in [6.45, 7) is 1.91. The highest BCUT2D eigenvalue weighted by Gasteiger charge is 2.12. The summed E-state index contributed by atoms with van der Waals surface area (Å²) in [5.41, 5.74) is 3.74. The van der Waals surface area contributed by atoms with Gasteiger partial charge in [-0.25, -0.2) is 9.97 Å². The Labute approximate surface area is 140 Å². The summed E-state index contributed by atoms with van der Waals surface area (Å²) in [6, 6.07) is 9.27. The highest BCUT2D eigenvalue weighted by Crippen LogP contribution is 2.22. The van der Waals surface area contributed by atoms with Gasteiger partial charge in [-0.15, -0.1) is 0 Å². The first-order valence-electron chi connectivity index (χ1n) is 7.54. The van der Waals surface area contributed by atoms with Gasteiger partial charge >= 0.3 is 0 Å². The van der Waals surface area contributed by atoms with E-state index in [1.54, 1.807) is 24.7 Å². The van der Waals surface area contributed by atoms with E-state index in [0.29, 0.717) is 5.69 Å². The van der Waals surface area contributed by atoms with E-state index in [4.69, 9.17) is 0 Å². The number of hydrogen-bond donors (Lipinski definition) is 0. The van der Waals surface area contributed by atoms with E-state index < -0.39 is 0 Å². The molecule has 3 rings (SSSR count). The van der Waals surface area contributed by atoms with Crippen LogP contribution in [-0.2, 0) is 6.42 Å². The Bertz CT molecular complexity index is 851. The fourth-order valence-corrected chi connectivity index (χ4v) is 2.35. The van der Waals surface area contributed by atoms with Crippen molar-refractivity contribution in [1.29, 1.82) is 0 Å². The zero-order valence-corrected chi connectivity index (χ0v) is 13.5. The molecular weight excluding hydrogens is 302 g/mol. The van der Waals surface area contributed by atoms with Crippen LogP contribution in [0.25, 0.3) is 0 Å². The number of aromatic nitrogens is 4. The largest absolute Gasteiger partial charge is 0.342 e. The Morgan fingerprint density at radius 2 is 1.92 bits per heavy atom. The van der Waals surface area contributed by atoms with Gasteiger partial charge in [-0.1, -0.05) is 6.07 Å². The monoisotopic (exact) mass is 319 g/mol. The normalized spacial score (nSPS) is 10.4. The first kappa shape index (κ1) is 15.7. The van der Waals surface area contributed by atoms with Crippen LogP contribution in [0.15, 0.2) is 55.2 Å². The zero-order chi connectivity index (χ0) is 16.9. The highest BCUT2D eigenvalue weighted by atomic mass is 16.1. The second kappa shape index (κ2) is 6.95.